The van der Waals surface area contributed by atoms with Gasteiger partial charge in [-0.15, -0.1) is 10.2 Å². The average molecular weight is 358 g/mol. The Hall–Kier alpha value is -1.73. The minimum Gasteiger partial charge on any atom is -0.312 e. The van der Waals surface area contributed by atoms with E-state index in [0.29, 0.717) is 5.92 Å². The molecule has 0 saturated carbocycles. The molecule has 1 saturated heterocycles. The van der Waals surface area contributed by atoms with Crippen molar-refractivity contribution in [2.75, 3.05) is 19.6 Å². The number of aromatic nitrogens is 5. The number of hydrogen-bond donors (Lipinski definition) is 1. The van der Waals surface area contributed by atoms with E-state index in [1.54, 1.807) is 0 Å². The van der Waals surface area contributed by atoms with Crippen LogP contribution in [0.15, 0.2) is 0 Å². The van der Waals surface area contributed by atoms with Gasteiger partial charge < -0.3 is 9.88 Å². The van der Waals surface area contributed by atoms with Crippen molar-refractivity contribution in [3.63, 3.8) is 0 Å². The van der Waals surface area contributed by atoms with Gasteiger partial charge in [0.2, 0.25) is 0 Å². The lowest BCUT2D eigenvalue weighted by Gasteiger charge is -2.32. The van der Waals surface area contributed by atoms with Gasteiger partial charge in [0, 0.05) is 43.4 Å². The first-order valence-electron chi connectivity index (χ1n) is 10.0. The van der Waals surface area contributed by atoms with Gasteiger partial charge in [-0.05, 0) is 46.2 Å². The molecular formula is C19H31N7. The molecule has 0 aliphatic carbocycles. The molecule has 2 aliphatic heterocycles. The lowest BCUT2D eigenvalue weighted by atomic mass is 9.95. The standard InChI is InChI=1S/C19H31N7/c1-4-8-26-15(3)17(14(2)23-26)13-24-9-5-16(6-10-24)19-22-21-18-12-20-7-11-25(18)19/h16,20H,4-13H2,1-3H3. The number of likely N-dealkylation sites (tertiary alicyclic amines) is 1. The largest absolute Gasteiger partial charge is 0.312 e. The van der Waals surface area contributed by atoms with Crippen molar-refractivity contribution in [2.45, 2.75) is 72.1 Å². The predicted molar refractivity (Wildman–Crippen MR) is 101 cm³/mol. The lowest BCUT2D eigenvalue weighted by Crippen LogP contribution is -2.35. The fourth-order valence-electron chi connectivity index (χ4n) is 4.38. The molecular weight excluding hydrogens is 326 g/mol. The molecule has 0 radical (unpaired) electrons. The zero-order chi connectivity index (χ0) is 18.1. The minimum absolute atomic E-state index is 0.551. The predicted octanol–water partition coefficient (Wildman–Crippen LogP) is 1.98. The van der Waals surface area contributed by atoms with E-state index in [1.165, 1.54) is 35.6 Å². The summed E-state index contributed by atoms with van der Waals surface area (Å²) >= 11 is 0. The van der Waals surface area contributed by atoms with Crippen molar-refractivity contribution in [1.82, 2.24) is 34.8 Å². The van der Waals surface area contributed by atoms with Gasteiger partial charge in [-0.2, -0.15) is 5.10 Å². The molecule has 2 aromatic rings. The Kier molecular flexibility index (Phi) is 5.09. The maximum atomic E-state index is 4.73. The summed E-state index contributed by atoms with van der Waals surface area (Å²) in [6.45, 7) is 13.8. The smallest absolute Gasteiger partial charge is 0.147 e. The number of fused-ring (bicyclic) bond motifs is 1. The third kappa shape index (κ3) is 3.30. The first kappa shape index (κ1) is 17.7. The quantitative estimate of drug-likeness (QED) is 0.886. The van der Waals surface area contributed by atoms with Gasteiger partial charge in [0.1, 0.15) is 11.6 Å². The maximum absolute atomic E-state index is 4.73. The zero-order valence-electron chi connectivity index (χ0n) is 16.3. The topological polar surface area (TPSA) is 63.8 Å². The van der Waals surface area contributed by atoms with E-state index in [1.807, 2.05) is 0 Å². The fraction of sp³-hybridized carbons (Fsp3) is 0.737. The van der Waals surface area contributed by atoms with Crippen molar-refractivity contribution in [3.05, 3.63) is 28.6 Å². The molecule has 1 N–H and O–H groups in total. The molecule has 7 heteroatoms. The molecule has 7 nitrogen and oxygen atoms in total. The van der Waals surface area contributed by atoms with E-state index in [9.17, 15) is 0 Å². The summed E-state index contributed by atoms with van der Waals surface area (Å²) in [5, 5.41) is 17.0. The summed E-state index contributed by atoms with van der Waals surface area (Å²) in [7, 11) is 0. The monoisotopic (exact) mass is 357 g/mol. The highest BCUT2D eigenvalue weighted by Gasteiger charge is 2.27. The van der Waals surface area contributed by atoms with Crippen molar-refractivity contribution >= 4 is 0 Å². The zero-order valence-corrected chi connectivity index (χ0v) is 16.3. The summed E-state index contributed by atoms with van der Waals surface area (Å²) in [4.78, 5) is 2.58. The normalized spacial score (nSPS) is 19.0. The molecule has 2 aliphatic rings. The minimum atomic E-state index is 0.551. The van der Waals surface area contributed by atoms with Crippen LogP contribution in [0.1, 0.15) is 60.7 Å². The molecule has 0 bridgehead atoms. The Labute approximate surface area is 155 Å². The molecule has 0 atom stereocenters. The second kappa shape index (κ2) is 7.48. The second-order valence-electron chi connectivity index (χ2n) is 7.73. The molecule has 0 amide bonds. The van der Waals surface area contributed by atoms with Crippen LogP contribution in [-0.2, 0) is 26.2 Å². The number of nitrogens with one attached hydrogen (secondary N) is 1. The lowest BCUT2D eigenvalue weighted by molar-refractivity contribution is 0.199. The van der Waals surface area contributed by atoms with Gasteiger partial charge in [-0.3, -0.25) is 9.58 Å². The number of aryl methyl sites for hydroxylation is 2. The molecule has 26 heavy (non-hydrogen) atoms. The molecule has 4 rings (SSSR count). The van der Waals surface area contributed by atoms with Crippen LogP contribution < -0.4 is 5.32 Å². The van der Waals surface area contributed by atoms with Crippen LogP contribution in [0.5, 0.6) is 0 Å². The fourth-order valence-corrected chi connectivity index (χ4v) is 4.38. The number of hydrogen-bond acceptors (Lipinski definition) is 5. The SMILES string of the molecule is CCCn1nc(C)c(CN2CCC(c3nnc4n3CCNC4)CC2)c1C. The van der Waals surface area contributed by atoms with E-state index in [0.717, 1.165) is 58.1 Å². The summed E-state index contributed by atoms with van der Waals surface area (Å²) in [5.41, 5.74) is 3.95. The maximum Gasteiger partial charge on any atom is 0.147 e. The molecule has 1 fully saturated rings. The molecule has 0 spiro atoms. The van der Waals surface area contributed by atoms with Gasteiger partial charge in [0.25, 0.3) is 0 Å². The summed E-state index contributed by atoms with van der Waals surface area (Å²) in [6, 6.07) is 0. The highest BCUT2D eigenvalue weighted by atomic mass is 15.3. The van der Waals surface area contributed by atoms with Crippen LogP contribution in [0.4, 0.5) is 0 Å². The Bertz CT molecular complexity index is 752. The Morgan fingerprint density at radius 3 is 2.69 bits per heavy atom. The molecule has 142 valence electrons. The first-order chi connectivity index (χ1) is 12.7. The van der Waals surface area contributed by atoms with E-state index < -0.39 is 0 Å². The summed E-state index contributed by atoms with van der Waals surface area (Å²) in [5.74, 6) is 2.86. The van der Waals surface area contributed by atoms with Gasteiger partial charge in [0.15, 0.2) is 0 Å². The van der Waals surface area contributed by atoms with Gasteiger partial charge >= 0.3 is 0 Å². The average Bonchev–Trinajstić information content (AvgIpc) is 3.20. The van der Waals surface area contributed by atoms with Crippen LogP contribution in [0, 0.1) is 13.8 Å². The van der Waals surface area contributed by atoms with Gasteiger partial charge in [-0.1, -0.05) is 6.92 Å². The van der Waals surface area contributed by atoms with Crippen molar-refractivity contribution in [2.24, 2.45) is 0 Å². The van der Waals surface area contributed by atoms with E-state index in [-0.39, 0.29) is 0 Å². The summed E-state index contributed by atoms with van der Waals surface area (Å²) < 4.78 is 4.52. The van der Waals surface area contributed by atoms with Gasteiger partial charge in [-0.25, -0.2) is 0 Å². The highest BCUT2D eigenvalue weighted by Crippen LogP contribution is 2.29. The number of piperidine rings is 1. The number of rotatable bonds is 5. The third-order valence-electron chi connectivity index (χ3n) is 5.95. The van der Waals surface area contributed by atoms with E-state index in [2.05, 4.69) is 50.4 Å². The van der Waals surface area contributed by atoms with Crippen LogP contribution >= 0.6 is 0 Å². The van der Waals surface area contributed by atoms with Crippen LogP contribution in [0.2, 0.25) is 0 Å². The van der Waals surface area contributed by atoms with Crippen LogP contribution in [-0.4, -0.2) is 49.1 Å². The number of nitrogens with zero attached hydrogens (tertiary/aromatic N) is 6. The van der Waals surface area contributed by atoms with Gasteiger partial charge in [0.05, 0.1) is 12.2 Å². The Morgan fingerprint density at radius 2 is 1.92 bits per heavy atom. The molecule has 2 aromatic heterocycles. The highest BCUT2D eigenvalue weighted by molar-refractivity contribution is 5.24. The van der Waals surface area contributed by atoms with Crippen molar-refractivity contribution in [1.29, 1.82) is 0 Å². The molecule has 0 aromatic carbocycles. The second-order valence-corrected chi connectivity index (χ2v) is 7.73. The molecule has 0 unspecified atom stereocenters. The first-order valence-corrected chi connectivity index (χ1v) is 10.0. The van der Waals surface area contributed by atoms with Crippen molar-refractivity contribution < 1.29 is 0 Å². The summed E-state index contributed by atoms with van der Waals surface area (Å²) in [6.07, 6.45) is 3.48. The Balaban J connectivity index is 1.39. The van der Waals surface area contributed by atoms with Crippen LogP contribution in [0.25, 0.3) is 0 Å². The van der Waals surface area contributed by atoms with E-state index in [4.69, 9.17) is 5.10 Å². The van der Waals surface area contributed by atoms with Crippen molar-refractivity contribution in [3.8, 4) is 0 Å². The van der Waals surface area contributed by atoms with E-state index >= 15 is 0 Å². The molecule has 4 heterocycles. The third-order valence-corrected chi connectivity index (χ3v) is 5.95. The Morgan fingerprint density at radius 1 is 1.12 bits per heavy atom. The van der Waals surface area contributed by atoms with Crippen LogP contribution in [0.3, 0.4) is 0 Å².